The molecule has 0 aromatic heterocycles. The van der Waals surface area contributed by atoms with Crippen LogP contribution < -0.4 is 10.3 Å². The molecule has 4 rings (SSSR count). The first-order chi connectivity index (χ1) is 16.3. The van der Waals surface area contributed by atoms with Gasteiger partial charge in [0.15, 0.2) is 0 Å². The fraction of sp³-hybridized carbons (Fsp3) is 0.286. The number of anilines is 1. The van der Waals surface area contributed by atoms with Gasteiger partial charge in [-0.1, -0.05) is 36.7 Å². The maximum Gasteiger partial charge on any atom is 0.336 e. The zero-order chi connectivity index (χ0) is 24.5. The molecule has 2 aliphatic rings. The van der Waals surface area contributed by atoms with Gasteiger partial charge < -0.3 is 14.4 Å². The maximum atomic E-state index is 12.1. The molecule has 176 valence electrons. The van der Waals surface area contributed by atoms with Crippen LogP contribution in [0.1, 0.15) is 44.5 Å². The van der Waals surface area contributed by atoms with E-state index in [4.69, 9.17) is 16.0 Å². The summed E-state index contributed by atoms with van der Waals surface area (Å²) in [6.45, 7) is 9.85. The minimum absolute atomic E-state index is 0.247. The summed E-state index contributed by atoms with van der Waals surface area (Å²) in [5.41, 5.74) is 4.29. The van der Waals surface area contributed by atoms with Crippen molar-refractivity contribution >= 4 is 34.2 Å². The quantitative estimate of drug-likeness (QED) is 0.177. The summed E-state index contributed by atoms with van der Waals surface area (Å²) in [5, 5.41) is 11.5. The van der Waals surface area contributed by atoms with E-state index >= 15 is 0 Å². The average Bonchev–Trinajstić information content (AvgIpc) is 2.83. The van der Waals surface area contributed by atoms with Crippen molar-refractivity contribution in [3.63, 3.8) is 0 Å². The number of alkyl halides is 1. The molecule has 5 nitrogen and oxygen atoms in total. The third-order valence-corrected chi connectivity index (χ3v) is 6.60. The molecule has 1 aliphatic heterocycles. The van der Waals surface area contributed by atoms with E-state index in [-0.39, 0.29) is 5.56 Å². The summed E-state index contributed by atoms with van der Waals surface area (Å²) >= 11 is 6.50. The van der Waals surface area contributed by atoms with Crippen LogP contribution in [0.2, 0.25) is 0 Å². The highest BCUT2D eigenvalue weighted by Gasteiger charge is 2.22. The van der Waals surface area contributed by atoms with Gasteiger partial charge in [0.2, 0.25) is 0 Å². The van der Waals surface area contributed by atoms with Crippen LogP contribution in [0.5, 0.6) is 0 Å². The first kappa shape index (κ1) is 23.8. The van der Waals surface area contributed by atoms with Gasteiger partial charge in [0.1, 0.15) is 16.3 Å². The lowest BCUT2D eigenvalue weighted by molar-refractivity contribution is 0.0697. The Bertz CT molecular complexity index is 1390. The average molecular weight is 477 g/mol. The van der Waals surface area contributed by atoms with Gasteiger partial charge in [-0.3, -0.25) is 4.99 Å². The van der Waals surface area contributed by atoms with Crippen molar-refractivity contribution in [2.45, 2.75) is 39.1 Å². The molecule has 1 aliphatic carbocycles. The van der Waals surface area contributed by atoms with E-state index in [0.717, 1.165) is 35.3 Å². The highest BCUT2D eigenvalue weighted by molar-refractivity contribution is 6.23. The minimum atomic E-state index is -0.968. The van der Waals surface area contributed by atoms with Crippen molar-refractivity contribution in [1.29, 1.82) is 0 Å². The summed E-state index contributed by atoms with van der Waals surface area (Å²) in [6.07, 6.45) is 0.686. The van der Waals surface area contributed by atoms with Crippen molar-refractivity contribution in [3.05, 3.63) is 71.6 Å². The summed E-state index contributed by atoms with van der Waals surface area (Å²) in [7, 11) is 0. The fourth-order valence-corrected chi connectivity index (χ4v) is 4.35. The number of carbonyl (C=O) groups is 1. The molecule has 0 bridgehead atoms. The number of hydrogen-bond acceptors (Lipinski definition) is 4. The standard InChI is InChI=1S/C28H29ClN2O3/c1-5-28(4,29)30-18-12-14-22-24(16-18)34-25-17-19(31(6-2)7-3)13-15-23(25)26(22)20-10-8-9-11-21(20)27(32)33/h8-17H,5-7H2,1-4H3,(H,32,33). The predicted octanol–water partition coefficient (Wildman–Crippen LogP) is 7.01. The van der Waals surface area contributed by atoms with Crippen molar-refractivity contribution in [2.24, 2.45) is 4.99 Å². The molecule has 0 amide bonds. The van der Waals surface area contributed by atoms with Gasteiger partial charge in [0.05, 0.1) is 10.9 Å². The van der Waals surface area contributed by atoms with E-state index in [9.17, 15) is 9.90 Å². The second kappa shape index (κ2) is 9.51. The van der Waals surface area contributed by atoms with E-state index in [0.29, 0.717) is 28.7 Å². The number of benzene rings is 3. The third-order valence-electron chi connectivity index (χ3n) is 6.25. The smallest absolute Gasteiger partial charge is 0.336 e. The molecule has 0 saturated carbocycles. The number of rotatable bonds is 7. The molecule has 1 heterocycles. The maximum absolute atomic E-state index is 12.1. The molecule has 6 heteroatoms. The Kier molecular flexibility index (Phi) is 6.67. The van der Waals surface area contributed by atoms with Crippen LogP contribution in [0.25, 0.3) is 33.4 Å². The van der Waals surface area contributed by atoms with E-state index in [1.807, 2.05) is 56.3 Å². The summed E-state index contributed by atoms with van der Waals surface area (Å²) in [5.74, 6) is -0.339. The molecular weight excluding hydrogens is 448 g/mol. The predicted molar refractivity (Wildman–Crippen MR) is 139 cm³/mol. The molecule has 1 atom stereocenters. The van der Waals surface area contributed by atoms with Crippen LogP contribution in [-0.2, 0) is 0 Å². The Morgan fingerprint density at radius 2 is 1.76 bits per heavy atom. The number of carboxylic acid groups (broad SMARTS) is 1. The molecule has 0 radical (unpaired) electrons. The number of nitrogens with zero attached hydrogens (tertiary/aromatic N) is 2. The molecule has 2 aromatic rings. The van der Waals surface area contributed by atoms with Gasteiger partial charge in [0.25, 0.3) is 0 Å². The second-order valence-electron chi connectivity index (χ2n) is 8.47. The van der Waals surface area contributed by atoms with Crippen molar-refractivity contribution in [2.75, 3.05) is 18.0 Å². The Morgan fingerprint density at radius 3 is 2.44 bits per heavy atom. The van der Waals surface area contributed by atoms with Gasteiger partial charge in [-0.05, 0) is 63.1 Å². The first-order valence-corrected chi connectivity index (χ1v) is 12.0. The third kappa shape index (κ3) is 4.53. The Labute approximate surface area is 204 Å². The van der Waals surface area contributed by atoms with E-state index in [1.54, 1.807) is 12.1 Å². The Hall–Kier alpha value is -3.31. The van der Waals surface area contributed by atoms with Crippen LogP contribution in [-0.4, -0.2) is 29.2 Å². The normalized spacial score (nSPS) is 13.9. The largest absolute Gasteiger partial charge is 0.478 e. The number of aromatic carboxylic acids is 1. The lowest BCUT2D eigenvalue weighted by atomic mass is 9.90. The number of halogens is 1. The van der Waals surface area contributed by atoms with E-state index in [1.165, 1.54) is 0 Å². The van der Waals surface area contributed by atoms with Crippen LogP contribution in [0.15, 0.2) is 70.1 Å². The SMILES string of the molecule is CCN(CC)c1ccc2c(-c3ccccc3C(=O)O)c3ccc(=NC(C)(Cl)CC)cc-3oc2c1. The number of fused-ring (bicyclic) bond motifs is 2. The van der Waals surface area contributed by atoms with Crippen LogP contribution in [0, 0.1) is 0 Å². The van der Waals surface area contributed by atoms with Gasteiger partial charge in [-0.2, -0.15) is 0 Å². The van der Waals surface area contributed by atoms with Crippen molar-refractivity contribution < 1.29 is 14.3 Å². The Balaban J connectivity index is 2.10. The van der Waals surface area contributed by atoms with Crippen molar-refractivity contribution in [1.82, 2.24) is 0 Å². The molecular formula is C28H29ClN2O3. The monoisotopic (exact) mass is 476 g/mol. The van der Waals surface area contributed by atoms with Gasteiger partial charge in [-0.25, -0.2) is 4.79 Å². The fourth-order valence-electron chi connectivity index (χ4n) is 4.25. The van der Waals surface area contributed by atoms with Gasteiger partial charge in [0, 0.05) is 47.4 Å². The van der Waals surface area contributed by atoms with Gasteiger partial charge >= 0.3 is 5.97 Å². The highest BCUT2D eigenvalue weighted by Crippen LogP contribution is 2.42. The van der Waals surface area contributed by atoms with E-state index in [2.05, 4.69) is 29.8 Å². The van der Waals surface area contributed by atoms with Crippen LogP contribution >= 0.6 is 11.6 Å². The van der Waals surface area contributed by atoms with Crippen molar-refractivity contribution in [3.8, 4) is 22.5 Å². The first-order valence-electron chi connectivity index (χ1n) is 11.6. The summed E-state index contributed by atoms with van der Waals surface area (Å²) in [6, 6.07) is 18.9. The molecule has 1 unspecified atom stereocenters. The van der Waals surface area contributed by atoms with E-state index < -0.39 is 11.0 Å². The number of carboxylic acids is 1. The number of hydrogen-bond donors (Lipinski definition) is 1. The molecule has 2 aromatic carbocycles. The molecule has 0 fully saturated rings. The zero-order valence-corrected chi connectivity index (χ0v) is 20.7. The molecule has 34 heavy (non-hydrogen) atoms. The topological polar surface area (TPSA) is 66.0 Å². The van der Waals surface area contributed by atoms with Gasteiger partial charge in [-0.15, -0.1) is 0 Å². The highest BCUT2D eigenvalue weighted by atomic mass is 35.5. The van der Waals surface area contributed by atoms with Crippen LogP contribution in [0.4, 0.5) is 5.69 Å². The summed E-state index contributed by atoms with van der Waals surface area (Å²) < 4.78 is 6.40. The molecule has 0 spiro atoms. The minimum Gasteiger partial charge on any atom is -0.478 e. The summed E-state index contributed by atoms with van der Waals surface area (Å²) in [4.78, 5) is 18.3. The van der Waals surface area contributed by atoms with Crippen LogP contribution in [0.3, 0.4) is 0 Å². The lowest BCUT2D eigenvalue weighted by Crippen LogP contribution is -2.21. The molecule has 0 saturated heterocycles. The second-order valence-corrected chi connectivity index (χ2v) is 9.28. The molecule has 1 N–H and O–H groups in total. The Morgan fingerprint density at radius 1 is 1.03 bits per heavy atom. The zero-order valence-electron chi connectivity index (χ0n) is 19.9. The lowest BCUT2D eigenvalue weighted by Gasteiger charge is -2.22.